The molecule has 3 heterocycles. The summed E-state index contributed by atoms with van der Waals surface area (Å²) in [6, 6.07) is 0. The molecule has 142 valence electrons. The lowest BCUT2D eigenvalue weighted by atomic mass is 9.56. The van der Waals surface area contributed by atoms with Gasteiger partial charge >= 0.3 is 11.9 Å². The molecule has 9 atom stereocenters. The van der Waals surface area contributed by atoms with E-state index in [4.69, 9.17) is 14.2 Å². The summed E-state index contributed by atoms with van der Waals surface area (Å²) in [5.41, 5.74) is -1.28. The Bertz CT molecular complexity index is 745. The second-order valence-electron chi connectivity index (χ2n) is 8.52. The first-order chi connectivity index (χ1) is 12.2. The summed E-state index contributed by atoms with van der Waals surface area (Å²) >= 11 is 0. The summed E-state index contributed by atoms with van der Waals surface area (Å²) in [6.45, 7) is 3.17. The minimum absolute atomic E-state index is 0.0781. The molecular formula is C18H22O8. The highest BCUT2D eigenvalue weighted by molar-refractivity contribution is 5.78. The Morgan fingerprint density at radius 1 is 1.19 bits per heavy atom. The Morgan fingerprint density at radius 3 is 2.62 bits per heavy atom. The predicted molar refractivity (Wildman–Crippen MR) is 83.2 cm³/mol. The minimum atomic E-state index is -1.43. The summed E-state index contributed by atoms with van der Waals surface area (Å²) in [5.74, 6) is -2.31. The fourth-order valence-corrected chi connectivity index (χ4v) is 6.26. The number of esters is 2. The number of fused-ring (bicyclic) bond motifs is 2. The topological polar surface area (TPSA) is 123 Å². The van der Waals surface area contributed by atoms with Crippen LogP contribution in [0.2, 0.25) is 0 Å². The zero-order chi connectivity index (χ0) is 18.6. The number of carbonyl (C=O) groups excluding carboxylic acids is 2. The van der Waals surface area contributed by atoms with Gasteiger partial charge in [-0.1, -0.05) is 6.92 Å². The maximum atomic E-state index is 12.2. The van der Waals surface area contributed by atoms with Crippen LogP contribution in [0.4, 0.5) is 0 Å². The molecule has 3 N–H and O–H groups in total. The molecule has 1 saturated carbocycles. The van der Waals surface area contributed by atoms with E-state index in [1.807, 2.05) is 0 Å². The molecule has 0 radical (unpaired) electrons. The first-order valence-corrected chi connectivity index (χ1v) is 9.05. The van der Waals surface area contributed by atoms with Crippen LogP contribution in [-0.2, 0) is 23.8 Å². The third-order valence-corrected chi connectivity index (χ3v) is 7.27. The van der Waals surface area contributed by atoms with Crippen LogP contribution < -0.4 is 0 Å². The highest BCUT2D eigenvalue weighted by Gasteiger charge is 2.73. The van der Waals surface area contributed by atoms with Crippen LogP contribution in [0.5, 0.6) is 0 Å². The third-order valence-electron chi connectivity index (χ3n) is 7.27. The molecule has 3 aliphatic heterocycles. The number of aliphatic hydroxyl groups is 3. The van der Waals surface area contributed by atoms with Gasteiger partial charge in [-0.3, -0.25) is 4.79 Å². The van der Waals surface area contributed by atoms with Gasteiger partial charge in [-0.2, -0.15) is 0 Å². The molecule has 0 spiro atoms. The molecule has 0 bridgehead atoms. The molecule has 2 saturated heterocycles. The minimum Gasteiger partial charge on any atom is -0.485 e. The molecule has 26 heavy (non-hydrogen) atoms. The molecule has 3 fully saturated rings. The SMILES string of the molecule is C[C@@H]1[C@@H]2[C@@H](O)C(=O)O[C@@H]3C[C@H]4C(=C(O[C@@]5(C)CC(=O)O[C@@H]45)[C@@H]1O)[C@]23CO. The Kier molecular flexibility index (Phi) is 3.05. The molecule has 8 heteroatoms. The third kappa shape index (κ3) is 1.62. The zero-order valence-corrected chi connectivity index (χ0v) is 14.5. The summed E-state index contributed by atoms with van der Waals surface area (Å²) in [6.07, 6.45) is -3.25. The van der Waals surface area contributed by atoms with Crippen molar-refractivity contribution >= 4 is 11.9 Å². The van der Waals surface area contributed by atoms with Gasteiger partial charge in [0, 0.05) is 11.8 Å². The lowest BCUT2D eigenvalue weighted by Gasteiger charge is -2.55. The Balaban J connectivity index is 1.75. The quantitative estimate of drug-likeness (QED) is 0.519. The number of rotatable bonds is 1. The van der Waals surface area contributed by atoms with Crippen molar-refractivity contribution in [2.24, 2.45) is 23.2 Å². The average molecular weight is 366 g/mol. The van der Waals surface area contributed by atoms with Crippen molar-refractivity contribution in [2.75, 3.05) is 6.61 Å². The molecule has 5 aliphatic rings. The van der Waals surface area contributed by atoms with E-state index in [0.29, 0.717) is 17.8 Å². The Morgan fingerprint density at radius 2 is 1.92 bits per heavy atom. The lowest BCUT2D eigenvalue weighted by Crippen LogP contribution is -2.63. The van der Waals surface area contributed by atoms with Gasteiger partial charge in [-0.05, 0) is 24.8 Å². The monoisotopic (exact) mass is 366 g/mol. The maximum Gasteiger partial charge on any atom is 0.335 e. The van der Waals surface area contributed by atoms with Crippen molar-refractivity contribution in [2.45, 2.75) is 56.7 Å². The smallest absolute Gasteiger partial charge is 0.335 e. The number of carbonyl (C=O) groups is 2. The van der Waals surface area contributed by atoms with Crippen LogP contribution in [0.3, 0.4) is 0 Å². The van der Waals surface area contributed by atoms with Gasteiger partial charge in [-0.25, -0.2) is 4.79 Å². The molecule has 0 unspecified atom stereocenters. The second-order valence-corrected chi connectivity index (χ2v) is 8.52. The van der Waals surface area contributed by atoms with Gasteiger partial charge in [0.25, 0.3) is 0 Å². The molecule has 8 nitrogen and oxygen atoms in total. The number of ether oxygens (including phenoxy) is 3. The van der Waals surface area contributed by atoms with Crippen LogP contribution in [0.15, 0.2) is 11.3 Å². The lowest BCUT2D eigenvalue weighted by molar-refractivity contribution is -0.208. The number of aliphatic hydroxyl groups excluding tert-OH is 3. The summed E-state index contributed by atoms with van der Waals surface area (Å²) in [7, 11) is 0. The van der Waals surface area contributed by atoms with Gasteiger partial charge in [0.15, 0.2) is 11.7 Å². The fraction of sp³-hybridized carbons (Fsp3) is 0.778. The first kappa shape index (κ1) is 16.5. The van der Waals surface area contributed by atoms with Crippen molar-refractivity contribution in [3.05, 3.63) is 11.3 Å². The van der Waals surface area contributed by atoms with Gasteiger partial charge in [0.1, 0.15) is 24.1 Å². The fourth-order valence-electron chi connectivity index (χ4n) is 6.26. The van der Waals surface area contributed by atoms with Crippen LogP contribution >= 0.6 is 0 Å². The van der Waals surface area contributed by atoms with Crippen molar-refractivity contribution in [1.82, 2.24) is 0 Å². The van der Waals surface area contributed by atoms with E-state index in [0.717, 1.165) is 0 Å². The second kappa shape index (κ2) is 4.79. The average Bonchev–Trinajstić information content (AvgIpc) is 3.07. The largest absolute Gasteiger partial charge is 0.485 e. The predicted octanol–water partition coefficient (Wildman–Crippen LogP) is -0.743. The highest BCUT2D eigenvalue weighted by atomic mass is 16.6. The zero-order valence-electron chi connectivity index (χ0n) is 14.5. The molecular weight excluding hydrogens is 344 g/mol. The molecule has 0 aromatic rings. The Labute approximate surface area is 149 Å². The van der Waals surface area contributed by atoms with Crippen molar-refractivity contribution in [1.29, 1.82) is 0 Å². The normalized spacial score (nSPS) is 54.3. The standard InChI is InChI=1S/C18H22O8/c1-6-10-13(22)16(23)24-8-3-7-11(18(8,10)5-19)14(12(6)21)26-17(2)4-9(20)25-15(7)17/h6-8,10,12-13,15,19,21-22H,3-5H2,1-2H3/t6-,7+,8-,10-,12-,13-,15+,17+,18+/m1/s1. The molecule has 2 aliphatic carbocycles. The van der Waals surface area contributed by atoms with E-state index in [-0.39, 0.29) is 24.9 Å². The van der Waals surface area contributed by atoms with E-state index < -0.39 is 53.2 Å². The molecule has 5 rings (SSSR count). The van der Waals surface area contributed by atoms with Gasteiger partial charge in [0.05, 0.1) is 18.4 Å². The summed E-state index contributed by atoms with van der Waals surface area (Å²) < 4.78 is 17.2. The van der Waals surface area contributed by atoms with E-state index in [9.17, 15) is 24.9 Å². The van der Waals surface area contributed by atoms with E-state index in [2.05, 4.69) is 0 Å². The maximum absolute atomic E-state index is 12.2. The van der Waals surface area contributed by atoms with Crippen molar-refractivity contribution < 1.29 is 39.1 Å². The van der Waals surface area contributed by atoms with E-state index in [1.54, 1.807) is 13.8 Å². The van der Waals surface area contributed by atoms with Gasteiger partial charge < -0.3 is 29.5 Å². The van der Waals surface area contributed by atoms with Crippen molar-refractivity contribution in [3.63, 3.8) is 0 Å². The molecule has 0 amide bonds. The van der Waals surface area contributed by atoms with Crippen LogP contribution in [0.1, 0.15) is 26.7 Å². The summed E-state index contributed by atoms with van der Waals surface area (Å²) in [4.78, 5) is 24.2. The van der Waals surface area contributed by atoms with Crippen LogP contribution in [-0.4, -0.2) is 63.9 Å². The molecule has 0 aromatic carbocycles. The summed E-state index contributed by atoms with van der Waals surface area (Å²) in [5, 5.41) is 31.8. The first-order valence-electron chi connectivity index (χ1n) is 9.05. The molecule has 0 aromatic heterocycles. The number of hydrogen-bond donors (Lipinski definition) is 3. The van der Waals surface area contributed by atoms with Crippen molar-refractivity contribution in [3.8, 4) is 0 Å². The van der Waals surface area contributed by atoms with E-state index in [1.165, 1.54) is 0 Å². The van der Waals surface area contributed by atoms with E-state index >= 15 is 0 Å². The van der Waals surface area contributed by atoms with Crippen LogP contribution in [0.25, 0.3) is 0 Å². The van der Waals surface area contributed by atoms with Gasteiger partial charge in [-0.15, -0.1) is 0 Å². The highest BCUT2D eigenvalue weighted by Crippen LogP contribution is 2.66. The van der Waals surface area contributed by atoms with Crippen LogP contribution in [0, 0.1) is 23.2 Å². The Hall–Kier alpha value is -1.64. The van der Waals surface area contributed by atoms with Gasteiger partial charge in [0.2, 0.25) is 0 Å². The number of hydrogen-bond acceptors (Lipinski definition) is 8.